The van der Waals surface area contributed by atoms with Gasteiger partial charge in [0.05, 0.1) is 36.8 Å². The predicted octanol–water partition coefficient (Wildman–Crippen LogP) is 6.14. The van der Waals surface area contributed by atoms with Crippen LogP contribution in [-0.4, -0.2) is 68.6 Å². The van der Waals surface area contributed by atoms with Crippen molar-refractivity contribution in [1.29, 1.82) is 0 Å². The van der Waals surface area contributed by atoms with E-state index in [1.807, 2.05) is 43.3 Å². The maximum absolute atomic E-state index is 15.3. The first-order valence-corrected chi connectivity index (χ1v) is 18.7. The number of carbonyl (C=O) groups excluding carboxylic acids is 2. The molecule has 0 spiro atoms. The number of amides is 2. The van der Waals surface area contributed by atoms with Crippen LogP contribution in [0.25, 0.3) is 0 Å². The van der Waals surface area contributed by atoms with Crippen molar-refractivity contribution < 1.29 is 28.0 Å². The Kier molecular flexibility index (Phi) is 9.38. The summed E-state index contributed by atoms with van der Waals surface area (Å²) in [5.41, 5.74) is 3.75. The lowest BCUT2D eigenvalue weighted by Gasteiger charge is -2.47. The normalized spacial score (nSPS) is 23.5. The van der Waals surface area contributed by atoms with Crippen LogP contribution in [0.3, 0.4) is 0 Å². The number of piperidine rings is 1. The van der Waals surface area contributed by atoms with E-state index in [1.54, 1.807) is 43.4 Å². The molecule has 0 radical (unpaired) electrons. The molecule has 3 fully saturated rings. The Morgan fingerprint density at radius 1 is 0.913 bits per heavy atom. The van der Waals surface area contributed by atoms with Gasteiger partial charge in [0.15, 0.2) is 0 Å². The van der Waals surface area contributed by atoms with Crippen molar-refractivity contribution in [1.82, 2.24) is 4.90 Å². The third-order valence-corrected chi connectivity index (χ3v) is 11.3. The van der Waals surface area contributed by atoms with Gasteiger partial charge in [0.25, 0.3) is 5.91 Å². The molecule has 244 valence electrons. The number of ether oxygens (including phenoxy) is 2. The lowest BCUT2D eigenvalue weighted by atomic mass is 9.76. The topological polar surface area (TPSA) is 97.0 Å². The van der Waals surface area contributed by atoms with Crippen LogP contribution in [0.5, 0.6) is 0 Å². The molecule has 8 nitrogen and oxygen atoms in total. The molecular formula is C36H43FN3O5P. The summed E-state index contributed by atoms with van der Waals surface area (Å²) in [5, 5.41) is 7.38. The van der Waals surface area contributed by atoms with Gasteiger partial charge in [-0.15, -0.1) is 0 Å². The average Bonchev–Trinajstić information content (AvgIpc) is 3.50. The van der Waals surface area contributed by atoms with Gasteiger partial charge in [-0.3, -0.25) is 9.59 Å². The third kappa shape index (κ3) is 6.64. The van der Waals surface area contributed by atoms with E-state index >= 15 is 4.39 Å². The first-order chi connectivity index (χ1) is 22.0. The van der Waals surface area contributed by atoms with Gasteiger partial charge in [-0.2, -0.15) is 0 Å². The van der Waals surface area contributed by atoms with Gasteiger partial charge < -0.3 is 29.6 Å². The van der Waals surface area contributed by atoms with E-state index in [1.165, 1.54) is 6.07 Å². The third-order valence-electron chi connectivity index (χ3n) is 9.67. The van der Waals surface area contributed by atoms with Crippen molar-refractivity contribution in [2.45, 2.75) is 51.2 Å². The van der Waals surface area contributed by atoms with Gasteiger partial charge >= 0.3 is 0 Å². The number of fused-ring (bicyclic) bond motifs is 1. The molecule has 10 heteroatoms. The molecule has 3 saturated heterocycles. The second kappa shape index (κ2) is 13.3. The van der Waals surface area contributed by atoms with Crippen LogP contribution in [0.15, 0.2) is 60.7 Å². The van der Waals surface area contributed by atoms with Crippen molar-refractivity contribution in [2.24, 2.45) is 11.8 Å². The lowest BCUT2D eigenvalue weighted by Crippen LogP contribution is -2.55. The summed E-state index contributed by atoms with van der Waals surface area (Å²) in [5.74, 6) is -2.01. The Hall–Kier alpha value is -3.52. The fraction of sp³-hybridized carbons (Fsp3) is 0.444. The Balaban J connectivity index is 1.39. The smallest absolute Gasteiger partial charge is 0.257 e. The van der Waals surface area contributed by atoms with Gasteiger partial charge in [-0.1, -0.05) is 30.3 Å². The van der Waals surface area contributed by atoms with Gasteiger partial charge in [-0.05, 0) is 93.5 Å². The number of nitrogens with one attached hydrogen (secondary N) is 2. The maximum Gasteiger partial charge on any atom is 0.257 e. The number of aryl methyl sites for hydroxylation is 2. The van der Waals surface area contributed by atoms with Gasteiger partial charge in [0.2, 0.25) is 5.91 Å². The summed E-state index contributed by atoms with van der Waals surface area (Å²) >= 11 is 0. The molecule has 3 aromatic carbocycles. The van der Waals surface area contributed by atoms with Gasteiger partial charge in [-0.25, -0.2) is 4.39 Å². The fourth-order valence-electron chi connectivity index (χ4n) is 7.28. The number of likely N-dealkylation sites (tertiary alicyclic amines) is 1. The van der Waals surface area contributed by atoms with Crippen molar-refractivity contribution in [2.75, 3.05) is 50.4 Å². The van der Waals surface area contributed by atoms with E-state index in [9.17, 15) is 14.2 Å². The summed E-state index contributed by atoms with van der Waals surface area (Å²) in [6.45, 7) is 9.26. The minimum Gasteiger partial charge on any atom is -0.382 e. The highest BCUT2D eigenvalue weighted by Crippen LogP contribution is 2.46. The maximum atomic E-state index is 15.3. The average molecular weight is 648 g/mol. The number of nitrogens with zero attached hydrogens (tertiary/aromatic N) is 1. The Morgan fingerprint density at radius 2 is 1.63 bits per heavy atom. The van der Waals surface area contributed by atoms with E-state index in [-0.39, 0.29) is 23.4 Å². The number of halogens is 1. The number of carbonyl (C=O) groups is 2. The summed E-state index contributed by atoms with van der Waals surface area (Å²) in [6.07, 6.45) is 2.35. The largest absolute Gasteiger partial charge is 0.382 e. The van der Waals surface area contributed by atoms with Crippen LogP contribution in [0.1, 0.15) is 52.4 Å². The molecule has 0 aliphatic carbocycles. The zero-order chi connectivity index (χ0) is 32.6. The van der Waals surface area contributed by atoms with Crippen molar-refractivity contribution in [3.05, 3.63) is 88.7 Å². The molecule has 0 bridgehead atoms. The highest BCUT2D eigenvalue weighted by atomic mass is 31.2. The van der Waals surface area contributed by atoms with Crippen LogP contribution < -0.4 is 15.9 Å². The number of benzene rings is 3. The molecule has 0 aromatic heterocycles. The molecule has 3 heterocycles. The van der Waals surface area contributed by atoms with Crippen LogP contribution in [0.4, 0.5) is 15.8 Å². The zero-order valence-corrected chi connectivity index (χ0v) is 27.8. The second-order valence-corrected chi connectivity index (χ2v) is 16.5. The SMILES string of the molecule is Cc1ccc(NC(=O)[C@H]2C[C@H]3COCC3N(C(=O)c3c(C)cccc3F)[C@H]2c2ccc(NC3CCOCC3)cc2)cc1P(C)(C)=O. The van der Waals surface area contributed by atoms with Crippen LogP contribution in [0.2, 0.25) is 0 Å². The number of hydrogen-bond acceptors (Lipinski definition) is 6. The van der Waals surface area contributed by atoms with Gasteiger partial charge in [0.1, 0.15) is 13.0 Å². The van der Waals surface area contributed by atoms with E-state index < -0.39 is 30.8 Å². The molecule has 6 rings (SSSR count). The molecular weight excluding hydrogens is 604 g/mol. The summed E-state index contributed by atoms with van der Waals surface area (Å²) in [6, 6.07) is 17.3. The molecule has 2 amide bonds. The van der Waals surface area contributed by atoms with Gasteiger partial charge in [0, 0.05) is 41.9 Å². The quantitative estimate of drug-likeness (QED) is 0.299. The number of hydrogen-bond donors (Lipinski definition) is 2. The van der Waals surface area contributed by atoms with E-state index in [2.05, 4.69) is 10.6 Å². The van der Waals surface area contributed by atoms with Crippen molar-refractivity contribution in [3.63, 3.8) is 0 Å². The van der Waals surface area contributed by atoms with Crippen molar-refractivity contribution in [3.8, 4) is 0 Å². The Bertz CT molecular complexity index is 1630. The summed E-state index contributed by atoms with van der Waals surface area (Å²) in [4.78, 5) is 30.5. The molecule has 1 unspecified atom stereocenters. The van der Waals surface area contributed by atoms with Crippen LogP contribution in [-0.2, 0) is 18.8 Å². The number of anilines is 2. The minimum atomic E-state index is -2.59. The zero-order valence-electron chi connectivity index (χ0n) is 26.9. The Morgan fingerprint density at radius 3 is 2.33 bits per heavy atom. The molecule has 2 N–H and O–H groups in total. The van der Waals surface area contributed by atoms with Crippen LogP contribution >= 0.6 is 7.14 Å². The van der Waals surface area contributed by atoms with E-state index in [0.717, 1.165) is 42.9 Å². The molecule has 3 aliphatic rings. The highest BCUT2D eigenvalue weighted by Gasteiger charge is 2.51. The highest BCUT2D eigenvalue weighted by molar-refractivity contribution is 7.70. The minimum absolute atomic E-state index is 0.0156. The van der Waals surface area contributed by atoms with E-state index in [0.29, 0.717) is 42.2 Å². The standard InChI is InChI=1S/C36H43FN3O5P/c1-22-8-11-28(19-32(22)46(3,4)43)39-35(41)29-18-25-20-45-21-31(25)40(36(42)33-23(2)6-5-7-30(33)37)34(29)24-9-12-26(13-10-24)38-27-14-16-44-17-15-27/h5-13,19,25,27,29,31,34,38H,14-18,20-21H2,1-4H3,(H,39,41)/t25-,29-,31?,34-/m0/s1. The first kappa shape index (κ1) is 32.4. The summed E-state index contributed by atoms with van der Waals surface area (Å²) in [7, 11) is -2.59. The molecule has 4 atom stereocenters. The molecule has 3 aliphatic heterocycles. The summed E-state index contributed by atoms with van der Waals surface area (Å²) < 4.78 is 39.7. The molecule has 46 heavy (non-hydrogen) atoms. The monoisotopic (exact) mass is 647 g/mol. The number of rotatable bonds is 7. The van der Waals surface area contributed by atoms with Crippen molar-refractivity contribution >= 4 is 35.6 Å². The predicted molar refractivity (Wildman–Crippen MR) is 179 cm³/mol. The Labute approximate surface area is 270 Å². The molecule has 0 saturated carbocycles. The lowest BCUT2D eigenvalue weighted by molar-refractivity contribution is -0.124. The second-order valence-electron chi connectivity index (χ2n) is 13.3. The van der Waals surface area contributed by atoms with Crippen LogP contribution in [0, 0.1) is 31.5 Å². The van der Waals surface area contributed by atoms with E-state index in [4.69, 9.17) is 9.47 Å². The molecule has 3 aromatic rings. The first-order valence-electron chi connectivity index (χ1n) is 16.1. The fourth-order valence-corrected chi connectivity index (χ4v) is 8.66.